The first-order valence-corrected chi connectivity index (χ1v) is 8.12. The fourth-order valence-electron chi connectivity index (χ4n) is 2.68. The zero-order valence-electron chi connectivity index (χ0n) is 13.7. The molecule has 0 bridgehead atoms. The van der Waals surface area contributed by atoms with Gasteiger partial charge in [0, 0.05) is 35.9 Å². The molecule has 0 radical (unpaired) electrons. The lowest BCUT2D eigenvalue weighted by Gasteiger charge is -2.14. The molecule has 3 rings (SSSR count). The average molecular weight is 353 g/mol. The zero-order valence-corrected chi connectivity index (χ0v) is 14.5. The van der Waals surface area contributed by atoms with Gasteiger partial charge in [-0.15, -0.1) is 0 Å². The van der Waals surface area contributed by atoms with Crippen molar-refractivity contribution in [1.82, 2.24) is 4.98 Å². The number of nitrogens with one attached hydrogen (secondary N) is 1. The van der Waals surface area contributed by atoms with Gasteiger partial charge in [-0.05, 0) is 35.9 Å². The Balaban J connectivity index is 1.97. The van der Waals surface area contributed by atoms with Gasteiger partial charge in [-0.2, -0.15) is 5.26 Å². The Morgan fingerprint density at radius 2 is 2.12 bits per heavy atom. The molecule has 126 valence electrons. The fourth-order valence-corrected chi connectivity index (χ4v) is 2.96. The van der Waals surface area contributed by atoms with Crippen LogP contribution in [0.2, 0.25) is 5.02 Å². The second kappa shape index (κ2) is 7.39. The molecule has 5 nitrogen and oxygen atoms in total. The van der Waals surface area contributed by atoms with Crippen molar-refractivity contribution in [3.8, 4) is 11.8 Å². The molecule has 3 N–H and O–H groups in total. The summed E-state index contributed by atoms with van der Waals surface area (Å²) in [5.74, 6) is 0.640. The van der Waals surface area contributed by atoms with Gasteiger partial charge in [0.25, 0.3) is 0 Å². The lowest BCUT2D eigenvalue weighted by molar-refractivity contribution is 0.415. The normalized spacial score (nSPS) is 10.5. The highest BCUT2D eigenvalue weighted by atomic mass is 35.5. The van der Waals surface area contributed by atoms with Crippen molar-refractivity contribution >= 4 is 28.2 Å². The molecular weight excluding hydrogens is 336 g/mol. The number of hydrogen-bond acceptors (Lipinski definition) is 5. The molecule has 25 heavy (non-hydrogen) atoms. The first-order valence-electron chi connectivity index (χ1n) is 7.74. The van der Waals surface area contributed by atoms with Crippen LogP contribution in [0.1, 0.15) is 16.7 Å². The summed E-state index contributed by atoms with van der Waals surface area (Å²) in [4.78, 5) is 4.41. The number of anilines is 1. The van der Waals surface area contributed by atoms with Crippen LogP contribution in [0.3, 0.4) is 0 Å². The number of rotatable bonds is 5. The topological polar surface area (TPSA) is 84.0 Å². The van der Waals surface area contributed by atoms with E-state index in [2.05, 4.69) is 16.4 Å². The monoisotopic (exact) mass is 352 g/mol. The van der Waals surface area contributed by atoms with Crippen LogP contribution in [0.25, 0.3) is 10.9 Å². The van der Waals surface area contributed by atoms with Crippen molar-refractivity contribution in [2.75, 3.05) is 12.4 Å². The molecule has 0 aliphatic carbocycles. The van der Waals surface area contributed by atoms with Crippen LogP contribution in [0.5, 0.6) is 5.75 Å². The third kappa shape index (κ3) is 3.50. The number of halogens is 1. The van der Waals surface area contributed by atoms with Crippen LogP contribution in [0.15, 0.2) is 42.6 Å². The largest absolute Gasteiger partial charge is 0.495 e. The second-order valence-electron chi connectivity index (χ2n) is 5.53. The van der Waals surface area contributed by atoms with E-state index in [1.165, 1.54) is 0 Å². The highest BCUT2D eigenvalue weighted by Gasteiger charge is 2.10. The van der Waals surface area contributed by atoms with E-state index in [0.29, 0.717) is 29.4 Å². The summed E-state index contributed by atoms with van der Waals surface area (Å²) >= 11 is 6.19. The number of methoxy groups -OCH3 is 1. The molecule has 0 atom stereocenters. The van der Waals surface area contributed by atoms with Gasteiger partial charge in [-0.3, -0.25) is 4.98 Å². The molecule has 0 amide bonds. The molecule has 3 aromatic rings. The Morgan fingerprint density at radius 3 is 2.80 bits per heavy atom. The third-order valence-electron chi connectivity index (χ3n) is 3.98. The van der Waals surface area contributed by atoms with Gasteiger partial charge in [0.2, 0.25) is 0 Å². The van der Waals surface area contributed by atoms with Crippen molar-refractivity contribution in [1.29, 1.82) is 5.26 Å². The molecular formula is C19H17ClN4O. The van der Waals surface area contributed by atoms with Crippen molar-refractivity contribution in [3.63, 3.8) is 0 Å². The van der Waals surface area contributed by atoms with E-state index >= 15 is 0 Å². The molecule has 2 aromatic carbocycles. The summed E-state index contributed by atoms with van der Waals surface area (Å²) in [6.07, 6.45) is 1.76. The highest BCUT2D eigenvalue weighted by Crippen LogP contribution is 2.29. The second-order valence-corrected chi connectivity index (χ2v) is 5.94. The lowest BCUT2D eigenvalue weighted by atomic mass is 10.1. The number of nitrogens with two attached hydrogens (primary N) is 1. The van der Waals surface area contributed by atoms with Gasteiger partial charge >= 0.3 is 0 Å². The summed E-state index contributed by atoms with van der Waals surface area (Å²) in [6, 6.07) is 13.2. The van der Waals surface area contributed by atoms with Gasteiger partial charge in [-0.1, -0.05) is 17.7 Å². The Morgan fingerprint density at radius 1 is 1.28 bits per heavy atom. The van der Waals surface area contributed by atoms with Crippen LogP contribution in [-0.4, -0.2) is 12.1 Å². The number of ether oxygens (including phenoxy) is 1. The minimum absolute atomic E-state index is 0.353. The first-order chi connectivity index (χ1) is 12.2. The van der Waals surface area contributed by atoms with E-state index in [-0.39, 0.29) is 0 Å². The van der Waals surface area contributed by atoms with Crippen molar-refractivity contribution in [3.05, 3.63) is 64.3 Å². The Hall–Kier alpha value is -2.81. The molecule has 1 aromatic heterocycles. The lowest BCUT2D eigenvalue weighted by Crippen LogP contribution is -2.07. The Labute approximate surface area is 151 Å². The van der Waals surface area contributed by atoms with Gasteiger partial charge in [0.15, 0.2) is 0 Å². The van der Waals surface area contributed by atoms with Gasteiger partial charge in [-0.25, -0.2) is 0 Å². The van der Waals surface area contributed by atoms with Crippen LogP contribution in [0.4, 0.5) is 5.69 Å². The van der Waals surface area contributed by atoms with Crippen molar-refractivity contribution in [2.24, 2.45) is 5.73 Å². The fraction of sp³-hybridized carbons (Fsp3) is 0.158. The number of benzene rings is 2. The quantitative estimate of drug-likeness (QED) is 0.728. The first kappa shape index (κ1) is 17.0. The van der Waals surface area contributed by atoms with E-state index in [4.69, 9.17) is 27.3 Å². The smallest absolute Gasteiger partial charge is 0.137 e. The minimum Gasteiger partial charge on any atom is -0.495 e. The van der Waals surface area contributed by atoms with Crippen LogP contribution in [-0.2, 0) is 13.1 Å². The standard InChI is InChI=1S/C19H17ClN4O/c1-25-18-5-3-13(7-16(18)20)10-24-19-14(9-22)11-23-17-4-2-12(8-21)6-15(17)19/h2-7,11H,9-10,22H2,1H3,(H,23,24). The van der Waals surface area contributed by atoms with Crippen LogP contribution < -0.4 is 15.8 Å². The van der Waals surface area contributed by atoms with E-state index in [1.807, 2.05) is 30.3 Å². The number of nitrogens with zero attached hydrogens (tertiary/aromatic N) is 2. The summed E-state index contributed by atoms with van der Waals surface area (Å²) in [6.45, 7) is 0.915. The molecule has 0 saturated heterocycles. The SMILES string of the molecule is COc1ccc(CNc2c(CN)cnc3ccc(C#N)cc23)cc1Cl. The minimum atomic E-state index is 0.353. The number of hydrogen-bond donors (Lipinski definition) is 2. The summed E-state index contributed by atoms with van der Waals surface area (Å²) in [5, 5.41) is 14.0. The maximum Gasteiger partial charge on any atom is 0.137 e. The predicted molar refractivity (Wildman–Crippen MR) is 99.7 cm³/mol. The number of nitriles is 1. The van der Waals surface area contributed by atoms with E-state index in [0.717, 1.165) is 27.7 Å². The maximum atomic E-state index is 9.16. The summed E-state index contributed by atoms with van der Waals surface area (Å²) < 4.78 is 5.17. The van der Waals surface area contributed by atoms with E-state index in [1.54, 1.807) is 19.4 Å². The molecule has 0 aliphatic heterocycles. The van der Waals surface area contributed by atoms with Gasteiger partial charge < -0.3 is 15.8 Å². The van der Waals surface area contributed by atoms with Crippen LogP contribution >= 0.6 is 11.6 Å². The molecule has 0 spiro atoms. The summed E-state index contributed by atoms with van der Waals surface area (Å²) in [5.41, 5.74) is 10.0. The average Bonchev–Trinajstić information content (AvgIpc) is 2.65. The van der Waals surface area contributed by atoms with Gasteiger partial charge in [0.05, 0.1) is 29.3 Å². The molecule has 1 heterocycles. The molecule has 0 fully saturated rings. The molecule has 0 saturated carbocycles. The van der Waals surface area contributed by atoms with E-state index < -0.39 is 0 Å². The van der Waals surface area contributed by atoms with Crippen molar-refractivity contribution in [2.45, 2.75) is 13.1 Å². The molecule has 0 aliphatic rings. The Bertz CT molecular complexity index is 966. The predicted octanol–water partition coefficient (Wildman–Crippen LogP) is 3.84. The van der Waals surface area contributed by atoms with Crippen molar-refractivity contribution < 1.29 is 4.74 Å². The van der Waals surface area contributed by atoms with E-state index in [9.17, 15) is 0 Å². The molecule has 0 unspecified atom stereocenters. The highest BCUT2D eigenvalue weighted by molar-refractivity contribution is 6.32. The number of aromatic nitrogens is 1. The number of pyridine rings is 1. The van der Waals surface area contributed by atoms with Gasteiger partial charge in [0.1, 0.15) is 5.75 Å². The Kier molecular flexibility index (Phi) is 5.03. The van der Waals surface area contributed by atoms with Crippen LogP contribution in [0, 0.1) is 11.3 Å². The third-order valence-corrected chi connectivity index (χ3v) is 4.28. The zero-order chi connectivity index (χ0) is 17.8. The summed E-state index contributed by atoms with van der Waals surface area (Å²) in [7, 11) is 1.59. The molecule has 6 heteroatoms. The maximum absolute atomic E-state index is 9.16. The number of fused-ring (bicyclic) bond motifs is 1.